The minimum atomic E-state index is -0.487. The second kappa shape index (κ2) is 9.33. The molecule has 0 aliphatic rings. The Morgan fingerprint density at radius 2 is 1.87 bits per heavy atom. The van der Waals surface area contributed by atoms with E-state index in [2.05, 4.69) is 11.2 Å². The molecule has 3 aromatic rings. The smallest absolute Gasteiger partial charge is 0.311 e. The van der Waals surface area contributed by atoms with Crippen molar-refractivity contribution in [3.63, 3.8) is 0 Å². The van der Waals surface area contributed by atoms with Crippen LogP contribution in [-0.2, 0) is 6.54 Å². The number of aromatic nitrogens is 2. The van der Waals surface area contributed by atoms with Gasteiger partial charge in [-0.2, -0.15) is 10.4 Å². The number of ether oxygens (including phenoxy) is 3. The Kier molecular flexibility index (Phi) is 6.60. The first-order chi connectivity index (χ1) is 14.4. The van der Waals surface area contributed by atoms with Crippen molar-refractivity contribution in [1.29, 1.82) is 5.26 Å². The largest absolute Gasteiger partial charge is 0.497 e. The van der Waals surface area contributed by atoms with Gasteiger partial charge in [0.1, 0.15) is 28.3 Å². The summed E-state index contributed by atoms with van der Waals surface area (Å²) in [6.07, 6.45) is 1.30. The van der Waals surface area contributed by atoms with Crippen LogP contribution in [0.15, 0.2) is 53.5 Å². The van der Waals surface area contributed by atoms with E-state index in [9.17, 15) is 10.1 Å². The highest BCUT2D eigenvalue weighted by atomic mass is 35.5. The lowest BCUT2D eigenvalue weighted by atomic mass is 10.1. The van der Waals surface area contributed by atoms with Crippen molar-refractivity contribution in [3.05, 3.63) is 75.2 Å². The summed E-state index contributed by atoms with van der Waals surface area (Å²) in [6, 6.07) is 14.1. The van der Waals surface area contributed by atoms with E-state index < -0.39 is 5.56 Å². The van der Waals surface area contributed by atoms with E-state index >= 15 is 0 Å². The third-order valence-corrected chi connectivity index (χ3v) is 4.36. The third-order valence-electron chi connectivity index (χ3n) is 4.09. The van der Waals surface area contributed by atoms with Crippen LogP contribution in [0.3, 0.4) is 0 Å². The van der Waals surface area contributed by atoms with Gasteiger partial charge in [-0.3, -0.25) is 4.79 Å². The number of halogens is 1. The second-order valence-corrected chi connectivity index (χ2v) is 7.08. The maximum Gasteiger partial charge on any atom is 0.311 e. The van der Waals surface area contributed by atoms with Gasteiger partial charge in [0.05, 0.1) is 31.5 Å². The summed E-state index contributed by atoms with van der Waals surface area (Å²) in [5.41, 5.74) is 0.618. The maximum absolute atomic E-state index is 12.9. The highest BCUT2D eigenvalue weighted by Crippen LogP contribution is 2.27. The molecule has 0 bridgehead atoms. The zero-order chi connectivity index (χ0) is 21.7. The molecular formula is C22H20ClN3O4. The van der Waals surface area contributed by atoms with Gasteiger partial charge in [0.15, 0.2) is 0 Å². The lowest BCUT2D eigenvalue weighted by Gasteiger charge is -2.13. The Morgan fingerprint density at radius 1 is 1.17 bits per heavy atom. The van der Waals surface area contributed by atoms with Gasteiger partial charge in [-0.25, -0.2) is 4.68 Å². The SMILES string of the molecule is COc1ccc(Oc2c(Cl)cnn(Cc3ccc(OC(C)C)c(C#N)c3)c2=O)cc1. The fraction of sp³-hybridized carbons (Fsp3) is 0.227. The number of nitrogens with zero attached hydrogens (tertiary/aromatic N) is 3. The van der Waals surface area contributed by atoms with Crippen LogP contribution in [0.25, 0.3) is 0 Å². The predicted molar refractivity (Wildman–Crippen MR) is 113 cm³/mol. The van der Waals surface area contributed by atoms with Gasteiger partial charge in [0, 0.05) is 0 Å². The zero-order valence-electron chi connectivity index (χ0n) is 16.8. The molecular weight excluding hydrogens is 406 g/mol. The van der Waals surface area contributed by atoms with Crippen molar-refractivity contribution in [2.75, 3.05) is 7.11 Å². The van der Waals surface area contributed by atoms with Crippen molar-refractivity contribution in [3.8, 4) is 29.1 Å². The zero-order valence-corrected chi connectivity index (χ0v) is 17.5. The summed E-state index contributed by atoms with van der Waals surface area (Å²) in [5, 5.41) is 13.6. The molecule has 1 aromatic heterocycles. The van der Waals surface area contributed by atoms with Crippen LogP contribution < -0.4 is 19.8 Å². The van der Waals surface area contributed by atoms with Crippen LogP contribution in [0.2, 0.25) is 5.02 Å². The van der Waals surface area contributed by atoms with Crippen LogP contribution in [0.5, 0.6) is 23.0 Å². The normalized spacial score (nSPS) is 10.5. The minimum Gasteiger partial charge on any atom is -0.497 e. The van der Waals surface area contributed by atoms with Crippen LogP contribution >= 0.6 is 11.6 Å². The topological polar surface area (TPSA) is 86.4 Å². The Hall–Kier alpha value is -3.50. The molecule has 3 rings (SSSR count). The Bertz CT molecular complexity index is 1130. The number of hydrogen-bond acceptors (Lipinski definition) is 6. The molecule has 8 heteroatoms. The summed E-state index contributed by atoms with van der Waals surface area (Å²) in [6.45, 7) is 3.92. The molecule has 0 aliphatic heterocycles. The van der Waals surface area contributed by atoms with E-state index in [1.807, 2.05) is 13.8 Å². The highest BCUT2D eigenvalue weighted by Gasteiger charge is 2.14. The van der Waals surface area contributed by atoms with Crippen molar-refractivity contribution >= 4 is 11.6 Å². The Morgan fingerprint density at radius 3 is 2.50 bits per heavy atom. The van der Waals surface area contributed by atoms with Gasteiger partial charge in [-0.15, -0.1) is 0 Å². The molecule has 0 aliphatic carbocycles. The summed E-state index contributed by atoms with van der Waals surface area (Å²) in [7, 11) is 1.56. The van der Waals surface area contributed by atoms with Gasteiger partial charge in [0.25, 0.3) is 0 Å². The van der Waals surface area contributed by atoms with Crippen LogP contribution in [0.4, 0.5) is 0 Å². The van der Waals surface area contributed by atoms with Gasteiger partial charge in [0.2, 0.25) is 5.75 Å². The lowest BCUT2D eigenvalue weighted by molar-refractivity contribution is 0.241. The minimum absolute atomic E-state index is 0.0305. The lowest BCUT2D eigenvalue weighted by Crippen LogP contribution is -2.24. The number of hydrogen-bond donors (Lipinski definition) is 0. The van der Waals surface area contributed by atoms with Crippen LogP contribution in [0, 0.1) is 11.3 Å². The molecule has 30 heavy (non-hydrogen) atoms. The standard InChI is InChI=1S/C22H20ClN3O4/c1-14(2)29-20-9-4-15(10-16(20)11-24)13-26-22(27)21(19(23)12-25-26)30-18-7-5-17(28-3)6-8-18/h4-10,12,14H,13H2,1-3H3. The molecule has 0 N–H and O–H groups in total. The van der Waals surface area contributed by atoms with Gasteiger partial charge >= 0.3 is 5.56 Å². The number of benzene rings is 2. The molecule has 0 amide bonds. The molecule has 154 valence electrons. The Labute approximate surface area is 179 Å². The van der Waals surface area contributed by atoms with Crippen LogP contribution in [0.1, 0.15) is 25.0 Å². The average molecular weight is 426 g/mol. The quantitative estimate of drug-likeness (QED) is 0.557. The molecule has 2 aromatic carbocycles. The molecule has 0 unspecified atom stereocenters. The predicted octanol–water partition coefficient (Wildman–Crippen LogP) is 4.40. The maximum atomic E-state index is 12.9. The number of nitriles is 1. The van der Waals surface area contributed by atoms with E-state index in [1.54, 1.807) is 49.6 Å². The molecule has 7 nitrogen and oxygen atoms in total. The fourth-order valence-corrected chi connectivity index (χ4v) is 2.87. The monoisotopic (exact) mass is 425 g/mol. The van der Waals surface area contributed by atoms with E-state index in [0.29, 0.717) is 22.8 Å². The van der Waals surface area contributed by atoms with Crippen molar-refractivity contribution in [2.45, 2.75) is 26.5 Å². The number of methoxy groups -OCH3 is 1. The molecule has 0 saturated heterocycles. The average Bonchev–Trinajstić information content (AvgIpc) is 2.74. The van der Waals surface area contributed by atoms with E-state index in [-0.39, 0.29) is 23.4 Å². The van der Waals surface area contributed by atoms with Gasteiger partial charge < -0.3 is 14.2 Å². The first-order valence-electron chi connectivity index (χ1n) is 9.18. The first kappa shape index (κ1) is 21.2. The van der Waals surface area contributed by atoms with Crippen LogP contribution in [-0.4, -0.2) is 23.0 Å². The van der Waals surface area contributed by atoms with Crippen molar-refractivity contribution in [1.82, 2.24) is 9.78 Å². The molecule has 1 heterocycles. The Balaban J connectivity index is 1.88. The van der Waals surface area contributed by atoms with Gasteiger partial charge in [-0.05, 0) is 55.8 Å². The van der Waals surface area contributed by atoms with Gasteiger partial charge in [-0.1, -0.05) is 17.7 Å². The molecule has 0 spiro atoms. The van der Waals surface area contributed by atoms with E-state index in [1.165, 1.54) is 10.9 Å². The second-order valence-electron chi connectivity index (χ2n) is 6.67. The summed E-state index contributed by atoms with van der Waals surface area (Å²) in [5.74, 6) is 1.57. The summed E-state index contributed by atoms with van der Waals surface area (Å²) >= 11 is 6.14. The molecule has 0 atom stereocenters. The molecule has 0 radical (unpaired) electrons. The first-order valence-corrected chi connectivity index (χ1v) is 9.56. The molecule has 0 saturated carbocycles. The molecule has 0 fully saturated rings. The fourth-order valence-electron chi connectivity index (χ4n) is 2.71. The van der Waals surface area contributed by atoms with E-state index in [4.69, 9.17) is 25.8 Å². The van der Waals surface area contributed by atoms with Crippen molar-refractivity contribution in [2.24, 2.45) is 0 Å². The third kappa shape index (κ3) is 4.91. The summed E-state index contributed by atoms with van der Waals surface area (Å²) in [4.78, 5) is 12.9. The number of rotatable bonds is 7. The van der Waals surface area contributed by atoms with Crippen molar-refractivity contribution < 1.29 is 14.2 Å². The highest BCUT2D eigenvalue weighted by molar-refractivity contribution is 6.31. The van der Waals surface area contributed by atoms with E-state index in [0.717, 1.165) is 5.56 Å². The summed E-state index contributed by atoms with van der Waals surface area (Å²) < 4.78 is 17.7.